The van der Waals surface area contributed by atoms with Crippen LogP contribution in [0.2, 0.25) is 0 Å². The summed E-state index contributed by atoms with van der Waals surface area (Å²) < 4.78 is 37.8. The molecule has 0 aliphatic rings. The van der Waals surface area contributed by atoms with Gasteiger partial charge in [-0.3, -0.25) is 0 Å². The molecular weight excluding hydrogens is 227 g/mol. The third-order valence-corrected chi connectivity index (χ3v) is 2.83. The van der Waals surface area contributed by atoms with E-state index in [0.29, 0.717) is 10.9 Å². The number of halogens is 3. The highest BCUT2D eigenvalue weighted by atomic mass is 19.4. The molecule has 0 unspecified atom stereocenters. The quantitative estimate of drug-likeness (QED) is 0.596. The molecule has 0 saturated heterocycles. The van der Waals surface area contributed by atoms with Gasteiger partial charge in [-0.15, -0.1) is 0 Å². The number of alkyl halides is 3. The fraction of sp³-hybridized carbons (Fsp3) is 0.0769. The van der Waals surface area contributed by atoms with E-state index in [9.17, 15) is 13.2 Å². The van der Waals surface area contributed by atoms with Crippen molar-refractivity contribution in [2.45, 2.75) is 6.18 Å². The van der Waals surface area contributed by atoms with Crippen LogP contribution in [0.25, 0.3) is 21.7 Å². The van der Waals surface area contributed by atoms with Crippen molar-refractivity contribution >= 4 is 21.7 Å². The van der Waals surface area contributed by atoms with Crippen molar-refractivity contribution in [2.24, 2.45) is 0 Å². The van der Waals surface area contributed by atoms with Crippen LogP contribution in [-0.2, 0) is 6.18 Å². The van der Waals surface area contributed by atoms with Gasteiger partial charge < -0.3 is 4.98 Å². The van der Waals surface area contributed by atoms with E-state index in [2.05, 4.69) is 4.98 Å². The highest BCUT2D eigenvalue weighted by Crippen LogP contribution is 2.33. The molecule has 0 amide bonds. The minimum Gasteiger partial charge on any atom is -0.351 e. The van der Waals surface area contributed by atoms with Gasteiger partial charge >= 0.3 is 6.18 Å². The fourth-order valence-electron chi connectivity index (χ4n) is 2.03. The van der Waals surface area contributed by atoms with E-state index in [4.69, 9.17) is 0 Å². The van der Waals surface area contributed by atoms with Crippen LogP contribution < -0.4 is 0 Å². The van der Waals surface area contributed by atoms with Crippen LogP contribution in [-0.4, -0.2) is 4.98 Å². The molecule has 17 heavy (non-hydrogen) atoms. The largest absolute Gasteiger partial charge is 0.431 e. The molecule has 0 aliphatic carbocycles. The predicted molar refractivity (Wildman–Crippen MR) is 60.8 cm³/mol. The molecule has 1 heterocycles. The normalized spacial score (nSPS) is 12.4. The zero-order chi connectivity index (χ0) is 12.0. The zero-order valence-corrected chi connectivity index (χ0v) is 8.68. The predicted octanol–water partition coefficient (Wildman–Crippen LogP) is 4.34. The third kappa shape index (κ3) is 1.56. The van der Waals surface area contributed by atoms with Crippen molar-refractivity contribution in [2.75, 3.05) is 0 Å². The van der Waals surface area contributed by atoms with Crippen LogP contribution in [0.4, 0.5) is 13.2 Å². The summed E-state index contributed by atoms with van der Waals surface area (Å²) in [4.78, 5) is 2.45. The number of rotatable bonds is 0. The molecule has 1 aromatic heterocycles. The maximum absolute atomic E-state index is 12.6. The molecule has 1 nitrogen and oxygen atoms in total. The molecule has 0 bridgehead atoms. The Hall–Kier alpha value is -1.97. The van der Waals surface area contributed by atoms with Crippen LogP contribution in [0, 0.1) is 0 Å². The lowest BCUT2D eigenvalue weighted by Gasteiger charge is -2.01. The van der Waals surface area contributed by atoms with Gasteiger partial charge in [0.1, 0.15) is 5.69 Å². The topological polar surface area (TPSA) is 15.8 Å². The minimum absolute atomic E-state index is 0.537. The Morgan fingerprint density at radius 3 is 2.35 bits per heavy atom. The van der Waals surface area contributed by atoms with Gasteiger partial charge in [0.05, 0.1) is 5.52 Å². The Labute approximate surface area is 94.9 Å². The Balaban J connectivity index is 2.39. The number of aromatic nitrogens is 1. The Kier molecular flexibility index (Phi) is 1.96. The molecule has 3 aromatic rings. The van der Waals surface area contributed by atoms with Gasteiger partial charge in [-0.2, -0.15) is 13.2 Å². The first-order valence-corrected chi connectivity index (χ1v) is 5.13. The Morgan fingerprint density at radius 2 is 1.59 bits per heavy atom. The summed E-state index contributed by atoms with van der Waals surface area (Å²) in [6, 6.07) is 12.0. The molecule has 4 heteroatoms. The van der Waals surface area contributed by atoms with E-state index in [1.54, 1.807) is 6.07 Å². The summed E-state index contributed by atoms with van der Waals surface area (Å²) in [5.74, 6) is 0. The maximum atomic E-state index is 12.6. The van der Waals surface area contributed by atoms with Gasteiger partial charge in [0.25, 0.3) is 0 Å². The lowest BCUT2D eigenvalue weighted by atomic mass is 10.1. The molecule has 2 aromatic carbocycles. The lowest BCUT2D eigenvalue weighted by molar-refractivity contribution is -0.140. The van der Waals surface area contributed by atoms with Crippen molar-refractivity contribution in [1.29, 1.82) is 0 Å². The third-order valence-electron chi connectivity index (χ3n) is 2.83. The molecule has 0 spiro atoms. The lowest BCUT2D eigenvalue weighted by Crippen LogP contribution is -2.04. The minimum atomic E-state index is -4.33. The van der Waals surface area contributed by atoms with E-state index in [0.717, 1.165) is 16.8 Å². The van der Waals surface area contributed by atoms with Gasteiger partial charge in [-0.05, 0) is 11.5 Å². The number of hydrogen-bond donors (Lipinski definition) is 1. The summed E-state index contributed by atoms with van der Waals surface area (Å²) in [6.45, 7) is 0. The van der Waals surface area contributed by atoms with Crippen LogP contribution in [0.15, 0.2) is 42.5 Å². The molecule has 0 fully saturated rings. The monoisotopic (exact) mass is 235 g/mol. The molecular formula is C13H8F3N. The fourth-order valence-corrected chi connectivity index (χ4v) is 2.03. The molecule has 0 saturated carbocycles. The molecule has 3 rings (SSSR count). The summed E-state index contributed by atoms with van der Waals surface area (Å²) in [7, 11) is 0. The van der Waals surface area contributed by atoms with Crippen molar-refractivity contribution in [1.82, 2.24) is 4.98 Å². The van der Waals surface area contributed by atoms with Crippen molar-refractivity contribution < 1.29 is 13.2 Å². The van der Waals surface area contributed by atoms with Crippen LogP contribution in [0.5, 0.6) is 0 Å². The number of aromatic amines is 1. The average Bonchev–Trinajstić information content (AvgIpc) is 2.72. The molecule has 0 atom stereocenters. The van der Waals surface area contributed by atoms with E-state index >= 15 is 0 Å². The summed E-state index contributed by atoms with van der Waals surface area (Å²) >= 11 is 0. The number of H-pyrrole nitrogens is 1. The molecule has 0 aliphatic heterocycles. The van der Waals surface area contributed by atoms with E-state index in [-0.39, 0.29) is 0 Å². The summed E-state index contributed by atoms with van der Waals surface area (Å²) in [6.07, 6.45) is -4.33. The van der Waals surface area contributed by atoms with Gasteiger partial charge in [-0.1, -0.05) is 36.4 Å². The smallest absolute Gasteiger partial charge is 0.351 e. The van der Waals surface area contributed by atoms with Crippen molar-refractivity contribution in [3.05, 3.63) is 48.2 Å². The highest BCUT2D eigenvalue weighted by molar-refractivity contribution is 6.05. The number of benzene rings is 2. The first-order chi connectivity index (χ1) is 8.05. The zero-order valence-electron chi connectivity index (χ0n) is 8.68. The van der Waals surface area contributed by atoms with Gasteiger partial charge in [0, 0.05) is 10.8 Å². The van der Waals surface area contributed by atoms with E-state index in [1.807, 2.05) is 30.3 Å². The highest BCUT2D eigenvalue weighted by Gasteiger charge is 2.32. The van der Waals surface area contributed by atoms with E-state index < -0.39 is 11.9 Å². The molecule has 86 valence electrons. The van der Waals surface area contributed by atoms with Crippen LogP contribution >= 0.6 is 0 Å². The number of hydrogen-bond acceptors (Lipinski definition) is 0. The molecule has 0 radical (unpaired) electrons. The van der Waals surface area contributed by atoms with Crippen molar-refractivity contribution in [3.63, 3.8) is 0 Å². The second-order valence-corrected chi connectivity index (χ2v) is 3.93. The summed E-state index contributed by atoms with van der Waals surface area (Å²) in [5, 5.41) is 2.31. The first-order valence-electron chi connectivity index (χ1n) is 5.13. The Morgan fingerprint density at radius 1 is 0.882 bits per heavy atom. The summed E-state index contributed by atoms with van der Waals surface area (Å²) in [5.41, 5.74) is -0.167. The van der Waals surface area contributed by atoms with Gasteiger partial charge in [-0.25, -0.2) is 0 Å². The maximum Gasteiger partial charge on any atom is 0.431 e. The second kappa shape index (κ2) is 3.26. The number of fused-ring (bicyclic) bond motifs is 3. The number of nitrogens with one attached hydrogen (secondary N) is 1. The Bertz CT molecular complexity index is 695. The van der Waals surface area contributed by atoms with E-state index in [1.165, 1.54) is 0 Å². The average molecular weight is 235 g/mol. The van der Waals surface area contributed by atoms with Gasteiger partial charge in [0.15, 0.2) is 0 Å². The van der Waals surface area contributed by atoms with Crippen molar-refractivity contribution in [3.8, 4) is 0 Å². The van der Waals surface area contributed by atoms with Crippen LogP contribution in [0.3, 0.4) is 0 Å². The second-order valence-electron chi connectivity index (χ2n) is 3.93. The standard InChI is InChI=1S/C13H8F3N/c14-13(15,16)11-7-9-6-5-8-3-1-2-4-10(8)12(9)17-11/h1-7,17H. The first kappa shape index (κ1) is 10.2. The SMILES string of the molecule is FC(F)(F)c1cc2ccc3ccccc3c2[nH]1. The van der Waals surface area contributed by atoms with Crippen LogP contribution in [0.1, 0.15) is 5.69 Å². The van der Waals surface area contributed by atoms with Gasteiger partial charge in [0.2, 0.25) is 0 Å². The molecule has 1 N–H and O–H groups in total.